The minimum absolute atomic E-state index is 0. The second kappa shape index (κ2) is 12.5. The van der Waals surface area contributed by atoms with E-state index in [0.29, 0.717) is 0 Å². The van der Waals surface area contributed by atoms with Gasteiger partial charge in [-0.3, -0.25) is 4.98 Å². The van der Waals surface area contributed by atoms with E-state index in [-0.39, 0.29) is 20.1 Å². The molecule has 0 N–H and O–H groups in total. The molecular weight excluding hydrogens is 707 g/mol. The Morgan fingerprint density at radius 1 is 0.651 bits per heavy atom. The molecule has 0 fully saturated rings. The summed E-state index contributed by atoms with van der Waals surface area (Å²) in [6, 6.07) is 44.8. The van der Waals surface area contributed by atoms with Crippen LogP contribution in [-0.2, 0) is 20.1 Å². The smallest absolute Gasteiger partial charge is 0.120 e. The van der Waals surface area contributed by atoms with Crippen molar-refractivity contribution in [2.45, 2.75) is 6.92 Å². The Labute approximate surface area is 263 Å². The van der Waals surface area contributed by atoms with E-state index in [2.05, 4.69) is 71.5 Å². The predicted octanol–water partition coefficient (Wildman–Crippen LogP) is 9.52. The van der Waals surface area contributed by atoms with Crippen molar-refractivity contribution in [1.29, 1.82) is 0 Å². The van der Waals surface area contributed by atoms with Crippen LogP contribution < -0.4 is 0 Å². The van der Waals surface area contributed by atoms with E-state index >= 15 is 0 Å². The van der Waals surface area contributed by atoms with Crippen LogP contribution in [0, 0.1) is 19.1 Å². The maximum absolute atomic E-state index is 6.19. The monoisotopic (exact) mass is 732 g/mol. The first kappa shape index (κ1) is 28.2. The Morgan fingerprint density at radius 3 is 2.37 bits per heavy atom. The number of pyridine rings is 3. The van der Waals surface area contributed by atoms with Gasteiger partial charge < -0.3 is 14.4 Å². The first-order chi connectivity index (χ1) is 20.7. The molecule has 0 aliphatic carbocycles. The molecule has 0 aliphatic rings. The van der Waals surface area contributed by atoms with Gasteiger partial charge >= 0.3 is 0 Å². The summed E-state index contributed by atoms with van der Waals surface area (Å²) in [5.41, 5.74) is 9.86. The molecule has 4 aromatic carbocycles. The zero-order valence-electron chi connectivity index (χ0n) is 23.3. The van der Waals surface area contributed by atoms with Gasteiger partial charge in [0.25, 0.3) is 0 Å². The molecule has 4 aromatic heterocycles. The zero-order valence-corrected chi connectivity index (χ0v) is 25.7. The number of aromatic nitrogens is 3. The summed E-state index contributed by atoms with van der Waals surface area (Å²) >= 11 is 0. The quantitative estimate of drug-likeness (QED) is 0.170. The van der Waals surface area contributed by atoms with E-state index in [1.807, 2.05) is 85.2 Å². The average molecular weight is 732 g/mol. The molecule has 0 unspecified atom stereocenters. The van der Waals surface area contributed by atoms with Crippen molar-refractivity contribution in [1.82, 2.24) is 15.0 Å². The van der Waals surface area contributed by atoms with Gasteiger partial charge in [0, 0.05) is 49.5 Å². The molecule has 0 aliphatic heterocycles. The molecule has 8 rings (SSSR count). The van der Waals surface area contributed by atoms with Gasteiger partial charge in [-0.05, 0) is 65.3 Å². The molecule has 4 nitrogen and oxygen atoms in total. The second-order valence-electron chi connectivity index (χ2n) is 9.98. The van der Waals surface area contributed by atoms with Gasteiger partial charge in [0.2, 0.25) is 0 Å². The number of hydrogen-bond acceptors (Lipinski definition) is 4. The molecule has 4 heterocycles. The topological polar surface area (TPSA) is 51.8 Å². The summed E-state index contributed by atoms with van der Waals surface area (Å²) in [6.07, 6.45) is 5.53. The molecule has 0 amide bonds. The minimum atomic E-state index is 0. The van der Waals surface area contributed by atoms with Crippen molar-refractivity contribution in [2.75, 3.05) is 0 Å². The first-order valence-electron chi connectivity index (χ1n) is 13.8. The third-order valence-electron chi connectivity index (χ3n) is 7.26. The van der Waals surface area contributed by atoms with E-state index < -0.39 is 0 Å². The van der Waals surface area contributed by atoms with Crippen molar-refractivity contribution in [3.05, 3.63) is 152 Å². The van der Waals surface area contributed by atoms with Gasteiger partial charge in [0.1, 0.15) is 5.58 Å². The normalized spacial score (nSPS) is 10.7. The van der Waals surface area contributed by atoms with Gasteiger partial charge in [-0.2, -0.15) is 0 Å². The summed E-state index contributed by atoms with van der Waals surface area (Å²) < 4.78 is 6.19. The van der Waals surface area contributed by atoms with E-state index in [9.17, 15) is 0 Å². The number of hydrogen-bond donors (Lipinski definition) is 0. The Morgan fingerprint density at radius 2 is 1.51 bits per heavy atom. The van der Waals surface area contributed by atoms with Crippen molar-refractivity contribution < 1.29 is 24.5 Å². The molecule has 209 valence electrons. The van der Waals surface area contributed by atoms with Gasteiger partial charge in [-0.15, -0.1) is 54.1 Å². The van der Waals surface area contributed by atoms with Crippen LogP contribution in [0.4, 0.5) is 0 Å². The third-order valence-corrected chi connectivity index (χ3v) is 7.26. The van der Waals surface area contributed by atoms with Gasteiger partial charge in [0.15, 0.2) is 0 Å². The van der Waals surface area contributed by atoms with Crippen LogP contribution in [0.2, 0.25) is 0 Å². The van der Waals surface area contributed by atoms with E-state index in [1.54, 1.807) is 6.20 Å². The van der Waals surface area contributed by atoms with Crippen LogP contribution >= 0.6 is 0 Å². The number of para-hydroxylation sites is 1. The van der Waals surface area contributed by atoms with Gasteiger partial charge in [-0.1, -0.05) is 59.5 Å². The first-order valence-corrected chi connectivity index (χ1v) is 13.8. The molecule has 0 bridgehead atoms. The van der Waals surface area contributed by atoms with Crippen molar-refractivity contribution in [3.8, 4) is 33.6 Å². The summed E-state index contributed by atoms with van der Waals surface area (Å²) in [7, 11) is 0. The molecule has 0 spiro atoms. The van der Waals surface area contributed by atoms with E-state index in [0.717, 1.165) is 72.0 Å². The fraction of sp³-hybridized carbons (Fsp3) is 0.0263. The van der Waals surface area contributed by atoms with Crippen LogP contribution in [0.3, 0.4) is 0 Å². The molecule has 0 atom stereocenters. The summed E-state index contributed by atoms with van der Waals surface area (Å²) in [6.45, 7) is 2.09. The Hall–Kier alpha value is -4.96. The summed E-state index contributed by atoms with van der Waals surface area (Å²) in [5, 5.41) is 3.32. The number of nitrogens with zero attached hydrogens (tertiary/aromatic N) is 3. The number of benzene rings is 4. The Kier molecular flexibility index (Phi) is 8.19. The summed E-state index contributed by atoms with van der Waals surface area (Å²) in [5.74, 6) is 0. The number of rotatable bonds is 3. The molecule has 8 aromatic rings. The van der Waals surface area contributed by atoms with Crippen molar-refractivity contribution in [2.24, 2.45) is 0 Å². The van der Waals surface area contributed by atoms with Crippen LogP contribution in [0.25, 0.3) is 66.5 Å². The number of furan rings is 1. The van der Waals surface area contributed by atoms with Crippen molar-refractivity contribution in [3.63, 3.8) is 0 Å². The SMILES string of the molecule is Cc1cnc(-c2[c-]ccc3c2oc2ccccc23)cc1-c1ccc2ncccc2c1.[Ir].[c-]1ccccc1-c1ccccn1. The van der Waals surface area contributed by atoms with Crippen LogP contribution in [-0.4, -0.2) is 15.0 Å². The standard InChI is InChI=1S/C27H17N2O.C11H8N.Ir/c1-17-16-29-25(15-23(17)18-11-12-24-19(14-18)6-5-13-28-24)22-9-4-8-21-20-7-2-3-10-26(20)30-27(21)22;1-2-6-10(7-3-1)11-8-4-5-9-12-11;/h2-8,10-16H,1H3;1-6,8-9H;/q2*-1;. The molecule has 5 heteroatoms. The number of fused-ring (bicyclic) bond motifs is 4. The van der Waals surface area contributed by atoms with E-state index in [1.165, 1.54) is 0 Å². The zero-order chi connectivity index (χ0) is 28.3. The average Bonchev–Trinajstić information content (AvgIpc) is 3.45. The second-order valence-corrected chi connectivity index (χ2v) is 9.98. The predicted molar refractivity (Wildman–Crippen MR) is 170 cm³/mol. The molecule has 0 saturated heterocycles. The van der Waals surface area contributed by atoms with E-state index in [4.69, 9.17) is 9.40 Å². The third kappa shape index (κ3) is 5.74. The van der Waals surface area contributed by atoms with Gasteiger partial charge in [-0.25, -0.2) is 0 Å². The van der Waals surface area contributed by atoms with Crippen molar-refractivity contribution >= 4 is 32.8 Å². The molecule has 0 saturated carbocycles. The van der Waals surface area contributed by atoms with Crippen LogP contribution in [0.15, 0.2) is 138 Å². The fourth-order valence-electron chi connectivity index (χ4n) is 5.17. The molecule has 1 radical (unpaired) electrons. The largest absolute Gasteiger partial charge is 0.501 e. The Balaban J connectivity index is 0.000000213. The fourth-order valence-corrected chi connectivity index (χ4v) is 5.17. The van der Waals surface area contributed by atoms with Gasteiger partial charge in [0.05, 0.1) is 11.1 Å². The summed E-state index contributed by atoms with van der Waals surface area (Å²) in [4.78, 5) is 13.4. The maximum Gasteiger partial charge on any atom is 0.120 e. The number of aryl methyl sites for hydroxylation is 1. The molecular formula is C38H25IrN3O-2. The molecule has 43 heavy (non-hydrogen) atoms. The minimum Gasteiger partial charge on any atom is -0.501 e. The maximum atomic E-state index is 6.19. The van der Waals surface area contributed by atoms with Crippen LogP contribution in [0.5, 0.6) is 0 Å². The Bertz CT molecular complexity index is 2120. The van der Waals surface area contributed by atoms with Crippen LogP contribution in [0.1, 0.15) is 5.56 Å².